The van der Waals surface area contributed by atoms with E-state index in [0.29, 0.717) is 30.8 Å². The van der Waals surface area contributed by atoms with Crippen molar-refractivity contribution < 1.29 is 18.7 Å². The third-order valence-electron chi connectivity index (χ3n) is 5.94. The molecule has 0 saturated carbocycles. The van der Waals surface area contributed by atoms with Gasteiger partial charge >= 0.3 is 0 Å². The summed E-state index contributed by atoms with van der Waals surface area (Å²) in [5.41, 5.74) is 7.68. The first kappa shape index (κ1) is 22.5. The van der Waals surface area contributed by atoms with Crippen LogP contribution in [0.1, 0.15) is 64.1 Å². The molecule has 2 heterocycles. The molecule has 33 heavy (non-hydrogen) atoms. The number of rotatable bonds is 6. The number of para-hydroxylation sites is 1. The van der Waals surface area contributed by atoms with Crippen molar-refractivity contribution in [3.63, 3.8) is 0 Å². The highest BCUT2D eigenvalue weighted by Gasteiger charge is 2.31. The summed E-state index contributed by atoms with van der Waals surface area (Å²) in [6.45, 7) is 4.97. The average Bonchev–Trinajstić information content (AvgIpc) is 3.29. The van der Waals surface area contributed by atoms with Crippen LogP contribution in [0.5, 0.6) is 11.5 Å². The van der Waals surface area contributed by atoms with Gasteiger partial charge in [-0.05, 0) is 53.8 Å². The van der Waals surface area contributed by atoms with Gasteiger partial charge in [0.25, 0.3) is 5.91 Å². The fraction of sp³-hybridized carbons (Fsp3) is 0.269. The largest absolute Gasteiger partial charge is 0.457 e. The first-order valence-corrected chi connectivity index (χ1v) is 11.0. The van der Waals surface area contributed by atoms with Crippen LogP contribution in [0.3, 0.4) is 0 Å². The van der Waals surface area contributed by atoms with Crippen molar-refractivity contribution in [2.45, 2.75) is 32.1 Å². The number of halogens is 1. The summed E-state index contributed by atoms with van der Waals surface area (Å²) in [5, 5.41) is 0. The molecule has 3 aromatic rings. The van der Waals surface area contributed by atoms with Crippen LogP contribution in [0.15, 0.2) is 60.8 Å². The maximum atomic E-state index is 14.0. The quantitative estimate of drug-likeness (QED) is 0.584. The number of hydrogen-bond acceptors (Lipinski definition) is 4. The van der Waals surface area contributed by atoms with Crippen molar-refractivity contribution in [3.8, 4) is 11.5 Å². The first-order chi connectivity index (χ1) is 15.8. The fourth-order valence-corrected chi connectivity index (χ4v) is 4.24. The number of likely N-dealkylation sites (tertiary alicyclic amines) is 1. The molecule has 1 aliphatic heterocycles. The lowest BCUT2D eigenvalue weighted by molar-refractivity contribution is 0.0779. The summed E-state index contributed by atoms with van der Waals surface area (Å²) in [5.74, 6) is -0.239. The van der Waals surface area contributed by atoms with Crippen molar-refractivity contribution in [1.82, 2.24) is 9.88 Å². The number of amides is 2. The minimum Gasteiger partial charge on any atom is -0.457 e. The Morgan fingerprint density at radius 3 is 2.67 bits per heavy atom. The van der Waals surface area contributed by atoms with Gasteiger partial charge in [0.15, 0.2) is 11.5 Å². The zero-order chi connectivity index (χ0) is 23.5. The molecule has 0 bridgehead atoms. The number of carbonyl (C=O) groups is 2. The Kier molecular flexibility index (Phi) is 6.40. The predicted octanol–water partition coefficient (Wildman–Crippen LogP) is 4.87. The lowest BCUT2D eigenvalue weighted by Crippen LogP contribution is -2.30. The van der Waals surface area contributed by atoms with Gasteiger partial charge in [0.05, 0.1) is 0 Å². The maximum Gasteiger partial charge on any atom is 0.275 e. The summed E-state index contributed by atoms with van der Waals surface area (Å²) in [4.78, 5) is 30.4. The summed E-state index contributed by atoms with van der Waals surface area (Å²) in [7, 11) is 0. The average molecular weight is 448 g/mol. The Labute approximate surface area is 192 Å². The number of aromatic nitrogens is 1. The number of hydrogen-bond donors (Lipinski definition) is 1. The molecule has 1 saturated heterocycles. The number of pyridine rings is 1. The van der Waals surface area contributed by atoms with Gasteiger partial charge in [-0.2, -0.15) is 0 Å². The second-order valence-electron chi connectivity index (χ2n) is 8.48. The van der Waals surface area contributed by atoms with Crippen molar-refractivity contribution in [3.05, 3.63) is 89.0 Å². The molecule has 0 radical (unpaired) electrons. The molecule has 0 spiro atoms. The van der Waals surface area contributed by atoms with E-state index in [2.05, 4.69) is 18.8 Å². The van der Waals surface area contributed by atoms with Crippen molar-refractivity contribution in [1.29, 1.82) is 0 Å². The van der Waals surface area contributed by atoms with E-state index >= 15 is 0 Å². The van der Waals surface area contributed by atoms with Crippen LogP contribution in [0, 0.1) is 5.82 Å². The molecule has 7 heteroatoms. The summed E-state index contributed by atoms with van der Waals surface area (Å²) >= 11 is 0. The minimum absolute atomic E-state index is 0.0970. The highest BCUT2D eigenvalue weighted by Crippen LogP contribution is 2.35. The number of benzene rings is 2. The summed E-state index contributed by atoms with van der Waals surface area (Å²) in [6, 6.07) is 15.7. The summed E-state index contributed by atoms with van der Waals surface area (Å²) in [6.07, 6.45) is 2.03. The van der Waals surface area contributed by atoms with Crippen molar-refractivity contribution in [2.24, 2.45) is 5.73 Å². The Hall–Kier alpha value is -3.74. The van der Waals surface area contributed by atoms with E-state index in [1.165, 1.54) is 18.3 Å². The molecular weight excluding hydrogens is 421 g/mol. The highest BCUT2D eigenvalue weighted by molar-refractivity contribution is 5.95. The lowest BCUT2D eigenvalue weighted by atomic mass is 9.93. The van der Waals surface area contributed by atoms with Crippen LogP contribution < -0.4 is 10.5 Å². The molecular formula is C26H26FN3O3. The molecule has 1 fully saturated rings. The van der Waals surface area contributed by atoms with Crippen LogP contribution >= 0.6 is 0 Å². The van der Waals surface area contributed by atoms with Crippen LogP contribution in [-0.4, -0.2) is 34.8 Å². The molecule has 1 atom stereocenters. The van der Waals surface area contributed by atoms with Gasteiger partial charge in [0, 0.05) is 30.8 Å². The molecule has 1 aromatic heterocycles. The van der Waals surface area contributed by atoms with Gasteiger partial charge in [-0.3, -0.25) is 9.59 Å². The standard InChI is InChI=1S/C26H26FN3O3/c1-16(2)19-6-3-4-8-23(19)33-18-9-10-20(21(14-18)25(28)31)17-11-13-30(15-17)26(32)24-22(27)7-5-12-29-24/h3-10,12,14,16-17H,11,13,15H2,1-2H3,(H2,28,31). The zero-order valence-electron chi connectivity index (χ0n) is 18.6. The first-order valence-electron chi connectivity index (χ1n) is 11.0. The van der Waals surface area contributed by atoms with E-state index in [9.17, 15) is 14.0 Å². The van der Waals surface area contributed by atoms with E-state index in [0.717, 1.165) is 16.9 Å². The monoisotopic (exact) mass is 447 g/mol. The number of nitrogens with zero attached hydrogens (tertiary/aromatic N) is 2. The van der Waals surface area contributed by atoms with Crippen LogP contribution in [0.25, 0.3) is 0 Å². The molecule has 2 amide bonds. The van der Waals surface area contributed by atoms with Gasteiger partial charge in [-0.1, -0.05) is 38.1 Å². The summed E-state index contributed by atoms with van der Waals surface area (Å²) < 4.78 is 20.1. The lowest BCUT2D eigenvalue weighted by Gasteiger charge is -2.19. The molecule has 0 aliphatic carbocycles. The smallest absolute Gasteiger partial charge is 0.275 e. The predicted molar refractivity (Wildman–Crippen MR) is 123 cm³/mol. The van der Waals surface area contributed by atoms with E-state index < -0.39 is 17.6 Å². The Balaban J connectivity index is 1.56. The van der Waals surface area contributed by atoms with E-state index in [1.54, 1.807) is 11.0 Å². The van der Waals surface area contributed by atoms with Gasteiger partial charge in [0.1, 0.15) is 11.5 Å². The Morgan fingerprint density at radius 1 is 1.15 bits per heavy atom. The van der Waals surface area contributed by atoms with Crippen molar-refractivity contribution in [2.75, 3.05) is 13.1 Å². The van der Waals surface area contributed by atoms with Gasteiger partial charge in [-0.15, -0.1) is 0 Å². The van der Waals surface area contributed by atoms with Crippen LogP contribution in [-0.2, 0) is 0 Å². The normalized spacial score (nSPS) is 15.6. The minimum atomic E-state index is -0.646. The van der Waals surface area contributed by atoms with Crippen LogP contribution in [0.2, 0.25) is 0 Å². The highest BCUT2D eigenvalue weighted by atomic mass is 19.1. The Bertz CT molecular complexity index is 1190. The third-order valence-corrected chi connectivity index (χ3v) is 5.94. The number of carbonyl (C=O) groups excluding carboxylic acids is 2. The molecule has 170 valence electrons. The fourth-order valence-electron chi connectivity index (χ4n) is 4.24. The molecule has 6 nitrogen and oxygen atoms in total. The maximum absolute atomic E-state index is 14.0. The molecule has 1 aliphatic rings. The van der Waals surface area contributed by atoms with E-state index in [4.69, 9.17) is 10.5 Å². The molecule has 2 aromatic carbocycles. The second kappa shape index (κ2) is 9.40. The van der Waals surface area contributed by atoms with Gasteiger partial charge in [0.2, 0.25) is 5.91 Å². The second-order valence-corrected chi connectivity index (χ2v) is 8.48. The number of nitrogens with two attached hydrogens (primary N) is 1. The third kappa shape index (κ3) is 4.72. The molecule has 4 rings (SSSR count). The number of ether oxygens (including phenoxy) is 1. The van der Waals surface area contributed by atoms with E-state index in [-0.39, 0.29) is 17.5 Å². The Morgan fingerprint density at radius 2 is 1.94 bits per heavy atom. The number of primary amides is 1. The van der Waals surface area contributed by atoms with Gasteiger partial charge < -0.3 is 15.4 Å². The van der Waals surface area contributed by atoms with Crippen LogP contribution in [0.4, 0.5) is 4.39 Å². The van der Waals surface area contributed by atoms with Crippen molar-refractivity contribution >= 4 is 11.8 Å². The molecule has 2 N–H and O–H groups in total. The SMILES string of the molecule is CC(C)c1ccccc1Oc1ccc(C2CCN(C(=O)c3ncccc3F)C2)c(C(N)=O)c1. The topological polar surface area (TPSA) is 85.5 Å². The van der Waals surface area contributed by atoms with Gasteiger partial charge in [-0.25, -0.2) is 9.37 Å². The zero-order valence-corrected chi connectivity index (χ0v) is 18.6. The molecule has 1 unspecified atom stereocenters. The van der Waals surface area contributed by atoms with E-state index in [1.807, 2.05) is 36.4 Å².